The van der Waals surface area contributed by atoms with Gasteiger partial charge in [-0.05, 0) is 54.7 Å². The Morgan fingerprint density at radius 2 is 1.83 bits per heavy atom. The number of rotatable bonds is 12. The zero-order chi connectivity index (χ0) is 27.0. The molecular formula is C26H36ClN3O5S. The first-order valence-corrected chi connectivity index (χ1v) is 14.0. The van der Waals surface area contributed by atoms with Crippen LogP contribution in [0.4, 0.5) is 5.69 Å². The van der Waals surface area contributed by atoms with Crippen molar-refractivity contribution in [2.24, 2.45) is 5.92 Å². The van der Waals surface area contributed by atoms with Crippen molar-refractivity contribution in [3.8, 4) is 5.75 Å². The van der Waals surface area contributed by atoms with Crippen LogP contribution in [0.15, 0.2) is 42.5 Å². The van der Waals surface area contributed by atoms with E-state index in [2.05, 4.69) is 5.32 Å². The second kappa shape index (κ2) is 13.0. The summed E-state index contributed by atoms with van der Waals surface area (Å²) < 4.78 is 31.7. The highest BCUT2D eigenvalue weighted by molar-refractivity contribution is 7.92. The second-order valence-corrected chi connectivity index (χ2v) is 11.5. The predicted molar refractivity (Wildman–Crippen MR) is 144 cm³/mol. The van der Waals surface area contributed by atoms with Gasteiger partial charge in [0.1, 0.15) is 18.3 Å². The van der Waals surface area contributed by atoms with Gasteiger partial charge in [-0.15, -0.1) is 0 Å². The molecule has 2 rings (SSSR count). The number of benzene rings is 2. The topological polar surface area (TPSA) is 96.0 Å². The van der Waals surface area contributed by atoms with Crippen LogP contribution in [0.5, 0.6) is 5.75 Å². The van der Waals surface area contributed by atoms with Crippen LogP contribution in [-0.4, -0.2) is 57.6 Å². The maximum absolute atomic E-state index is 13.7. The van der Waals surface area contributed by atoms with E-state index in [0.29, 0.717) is 23.7 Å². The molecule has 8 nitrogen and oxygen atoms in total. The van der Waals surface area contributed by atoms with Crippen molar-refractivity contribution in [2.45, 2.75) is 46.7 Å². The van der Waals surface area contributed by atoms with Crippen LogP contribution in [-0.2, 0) is 26.2 Å². The largest absolute Gasteiger partial charge is 0.497 e. The third kappa shape index (κ3) is 8.13. The van der Waals surface area contributed by atoms with Crippen molar-refractivity contribution in [3.63, 3.8) is 0 Å². The SMILES string of the molecule is CCC(C(=O)NCC(C)C)N(Cc1cccc(OC)c1)C(=O)CN(c1ccc(C)c(Cl)c1)S(C)(=O)=O. The third-order valence-electron chi connectivity index (χ3n) is 5.68. The zero-order valence-electron chi connectivity index (χ0n) is 21.7. The summed E-state index contributed by atoms with van der Waals surface area (Å²) in [4.78, 5) is 28.2. The molecule has 36 heavy (non-hydrogen) atoms. The molecule has 2 aromatic carbocycles. The molecule has 0 aliphatic carbocycles. The average Bonchev–Trinajstić information content (AvgIpc) is 2.82. The number of nitrogens with zero attached hydrogens (tertiary/aromatic N) is 2. The number of carbonyl (C=O) groups is 2. The average molecular weight is 538 g/mol. The fourth-order valence-corrected chi connectivity index (χ4v) is 4.68. The summed E-state index contributed by atoms with van der Waals surface area (Å²) in [5.41, 5.74) is 1.81. The first-order valence-electron chi connectivity index (χ1n) is 11.8. The van der Waals surface area contributed by atoms with Crippen molar-refractivity contribution < 1.29 is 22.7 Å². The number of methoxy groups -OCH3 is 1. The van der Waals surface area contributed by atoms with Crippen molar-refractivity contribution >= 4 is 39.1 Å². The molecule has 198 valence electrons. The summed E-state index contributed by atoms with van der Waals surface area (Å²) in [6.07, 6.45) is 1.39. The van der Waals surface area contributed by atoms with Gasteiger partial charge in [0.2, 0.25) is 21.8 Å². The van der Waals surface area contributed by atoms with Crippen LogP contribution >= 0.6 is 11.6 Å². The Bertz CT molecular complexity index is 1170. The van der Waals surface area contributed by atoms with E-state index < -0.39 is 28.5 Å². The van der Waals surface area contributed by atoms with Crippen molar-refractivity contribution in [1.29, 1.82) is 0 Å². The first kappa shape index (κ1) is 29.5. The molecule has 1 N–H and O–H groups in total. The molecule has 0 fully saturated rings. The molecule has 1 atom stereocenters. The van der Waals surface area contributed by atoms with Crippen LogP contribution < -0.4 is 14.4 Å². The van der Waals surface area contributed by atoms with E-state index in [1.54, 1.807) is 44.4 Å². The quantitative estimate of drug-likeness (QED) is 0.441. The highest BCUT2D eigenvalue weighted by atomic mass is 35.5. The number of anilines is 1. The molecule has 1 unspecified atom stereocenters. The molecule has 0 aliphatic heterocycles. The third-order valence-corrected chi connectivity index (χ3v) is 7.23. The van der Waals surface area contributed by atoms with Gasteiger partial charge < -0.3 is 15.0 Å². The van der Waals surface area contributed by atoms with Crippen LogP contribution in [0.25, 0.3) is 0 Å². The Balaban J connectivity index is 2.46. The number of nitrogens with one attached hydrogen (secondary N) is 1. The van der Waals surface area contributed by atoms with Gasteiger partial charge in [-0.3, -0.25) is 13.9 Å². The Hall–Kier alpha value is -2.78. The molecule has 0 aromatic heterocycles. The van der Waals surface area contributed by atoms with E-state index in [4.69, 9.17) is 16.3 Å². The summed E-state index contributed by atoms with van der Waals surface area (Å²) in [5, 5.41) is 3.29. The molecule has 0 heterocycles. The van der Waals surface area contributed by atoms with Gasteiger partial charge in [0.15, 0.2) is 0 Å². The van der Waals surface area contributed by atoms with E-state index in [1.165, 1.54) is 11.0 Å². The molecule has 0 aliphatic rings. The van der Waals surface area contributed by atoms with Gasteiger partial charge in [0.05, 0.1) is 19.1 Å². The Labute approximate surface area is 219 Å². The molecule has 0 spiro atoms. The van der Waals surface area contributed by atoms with Crippen LogP contribution in [0, 0.1) is 12.8 Å². The monoisotopic (exact) mass is 537 g/mol. The number of hydrogen-bond acceptors (Lipinski definition) is 5. The molecule has 0 bridgehead atoms. The lowest BCUT2D eigenvalue weighted by Gasteiger charge is -2.33. The first-order chi connectivity index (χ1) is 16.9. The van der Waals surface area contributed by atoms with E-state index in [-0.39, 0.29) is 24.1 Å². The van der Waals surface area contributed by atoms with Crippen molar-refractivity contribution in [1.82, 2.24) is 10.2 Å². The van der Waals surface area contributed by atoms with E-state index >= 15 is 0 Å². The minimum absolute atomic E-state index is 0.107. The van der Waals surface area contributed by atoms with Gasteiger partial charge in [0.25, 0.3) is 0 Å². The van der Waals surface area contributed by atoms with Gasteiger partial charge in [-0.25, -0.2) is 8.42 Å². The predicted octanol–water partition coefficient (Wildman–Crippen LogP) is 4.00. The summed E-state index contributed by atoms with van der Waals surface area (Å²) >= 11 is 6.24. The van der Waals surface area contributed by atoms with Crippen LogP contribution in [0.2, 0.25) is 5.02 Å². The maximum atomic E-state index is 13.7. The second-order valence-electron chi connectivity index (χ2n) is 9.14. The number of sulfonamides is 1. The molecule has 0 saturated carbocycles. The summed E-state index contributed by atoms with van der Waals surface area (Å²) in [5.74, 6) is 0.0588. The number of carbonyl (C=O) groups excluding carboxylic acids is 2. The minimum Gasteiger partial charge on any atom is -0.497 e. The molecule has 10 heteroatoms. The fourth-order valence-electron chi connectivity index (χ4n) is 3.66. The van der Waals surface area contributed by atoms with E-state index in [9.17, 15) is 18.0 Å². The lowest BCUT2D eigenvalue weighted by molar-refractivity contribution is -0.140. The maximum Gasteiger partial charge on any atom is 0.244 e. The number of hydrogen-bond donors (Lipinski definition) is 1. The van der Waals surface area contributed by atoms with Gasteiger partial charge >= 0.3 is 0 Å². The molecule has 2 amide bonds. The Kier molecular flexibility index (Phi) is 10.6. The molecule has 2 aromatic rings. The van der Waals surface area contributed by atoms with Gasteiger partial charge in [-0.1, -0.05) is 50.6 Å². The molecule has 0 saturated heterocycles. The van der Waals surface area contributed by atoms with E-state index in [0.717, 1.165) is 21.7 Å². The van der Waals surface area contributed by atoms with Crippen LogP contribution in [0.3, 0.4) is 0 Å². The zero-order valence-corrected chi connectivity index (χ0v) is 23.3. The summed E-state index contributed by atoms with van der Waals surface area (Å²) in [6.45, 7) is 7.69. The number of ether oxygens (including phenoxy) is 1. The highest BCUT2D eigenvalue weighted by Gasteiger charge is 2.32. The smallest absolute Gasteiger partial charge is 0.244 e. The summed E-state index contributed by atoms with van der Waals surface area (Å²) in [6, 6.07) is 11.2. The van der Waals surface area contributed by atoms with E-state index in [1.807, 2.05) is 26.8 Å². The summed E-state index contributed by atoms with van der Waals surface area (Å²) in [7, 11) is -2.28. The molecule has 0 radical (unpaired) electrons. The Morgan fingerprint density at radius 3 is 2.39 bits per heavy atom. The number of amides is 2. The van der Waals surface area contributed by atoms with Crippen molar-refractivity contribution in [3.05, 3.63) is 58.6 Å². The Morgan fingerprint density at radius 1 is 1.14 bits per heavy atom. The minimum atomic E-state index is -3.83. The normalized spacial score (nSPS) is 12.2. The van der Waals surface area contributed by atoms with Crippen LogP contribution in [0.1, 0.15) is 38.3 Å². The fraction of sp³-hybridized carbons (Fsp3) is 0.462. The highest BCUT2D eigenvalue weighted by Crippen LogP contribution is 2.26. The number of aryl methyl sites for hydroxylation is 1. The number of halogens is 1. The lowest BCUT2D eigenvalue weighted by Crippen LogP contribution is -2.52. The van der Waals surface area contributed by atoms with Gasteiger partial charge in [-0.2, -0.15) is 0 Å². The van der Waals surface area contributed by atoms with Crippen molar-refractivity contribution in [2.75, 3.05) is 30.8 Å². The van der Waals surface area contributed by atoms with Gasteiger partial charge in [0, 0.05) is 18.1 Å². The standard InChI is InChI=1S/C26H36ClN3O5S/c1-7-24(26(32)28-15-18(2)3)29(16-20-9-8-10-22(13-20)35-5)25(31)17-30(36(6,33)34)21-12-11-19(4)23(27)14-21/h8-14,18,24H,7,15-17H2,1-6H3,(H,28,32). The lowest BCUT2D eigenvalue weighted by atomic mass is 10.1. The molecular weight excluding hydrogens is 502 g/mol.